The molecule has 3 aliphatic heterocycles. The molecule has 192 valence electrons. The van der Waals surface area contributed by atoms with Crippen molar-refractivity contribution in [1.82, 2.24) is 20.2 Å². The lowest BCUT2D eigenvalue weighted by Crippen LogP contribution is -2.37. The maximum Gasteiger partial charge on any atom is 0.251 e. The van der Waals surface area contributed by atoms with Gasteiger partial charge in [0.1, 0.15) is 11.6 Å². The minimum atomic E-state index is -0.750. The van der Waals surface area contributed by atoms with Crippen molar-refractivity contribution in [2.24, 2.45) is 0 Å². The van der Waals surface area contributed by atoms with Crippen molar-refractivity contribution in [3.63, 3.8) is 0 Å². The van der Waals surface area contributed by atoms with E-state index in [0.29, 0.717) is 36.7 Å². The Labute approximate surface area is 214 Å². The van der Waals surface area contributed by atoms with Crippen molar-refractivity contribution in [2.45, 2.75) is 38.1 Å². The van der Waals surface area contributed by atoms with Crippen LogP contribution < -0.4 is 11.1 Å². The first kappa shape index (κ1) is 23.9. The van der Waals surface area contributed by atoms with Gasteiger partial charge in [-0.1, -0.05) is 6.07 Å². The molecule has 9 heteroatoms. The predicted octanol–water partition coefficient (Wildman–Crippen LogP) is 4.06. The van der Waals surface area contributed by atoms with Crippen LogP contribution in [0.5, 0.6) is 0 Å². The van der Waals surface area contributed by atoms with Gasteiger partial charge in [0.15, 0.2) is 0 Å². The van der Waals surface area contributed by atoms with E-state index in [4.69, 9.17) is 15.5 Å². The minimum absolute atomic E-state index is 0.111. The topological polar surface area (TPSA) is 93.4 Å². The molecule has 0 spiro atoms. The summed E-state index contributed by atoms with van der Waals surface area (Å²) in [7, 11) is 0. The normalized spacial score (nSPS) is 18.3. The van der Waals surface area contributed by atoms with Gasteiger partial charge in [0.25, 0.3) is 5.91 Å². The Hall–Kier alpha value is -3.43. The number of hydrogen-bond donors (Lipinski definition) is 2. The number of nitrogens with zero attached hydrogens (tertiary/aromatic N) is 3. The fourth-order valence-corrected chi connectivity index (χ4v) is 5.47. The summed E-state index contributed by atoms with van der Waals surface area (Å²) in [4.78, 5) is 23.3. The summed E-state index contributed by atoms with van der Waals surface area (Å²) in [6.07, 6.45) is 3.61. The highest BCUT2D eigenvalue weighted by molar-refractivity contribution is 5.97. The molecular formula is C28H29F2N5O2. The van der Waals surface area contributed by atoms with E-state index in [-0.39, 0.29) is 28.4 Å². The van der Waals surface area contributed by atoms with E-state index in [1.807, 2.05) is 12.1 Å². The summed E-state index contributed by atoms with van der Waals surface area (Å²) in [5.74, 6) is -1.41. The first-order chi connectivity index (χ1) is 18.0. The van der Waals surface area contributed by atoms with E-state index in [2.05, 4.69) is 15.2 Å². The molecule has 3 aliphatic rings. The molecule has 6 rings (SSSR count). The molecule has 2 fully saturated rings. The van der Waals surface area contributed by atoms with Gasteiger partial charge >= 0.3 is 0 Å². The van der Waals surface area contributed by atoms with Gasteiger partial charge in [-0.3, -0.25) is 14.7 Å². The molecule has 2 saturated heterocycles. The SMILES string of the molecule is Nc1nc(F)c(-c2ccc(C3CCOCC3)c(CN3CCC3)n2)cc1-c1cc2c(cc1F)C(=O)NCC2. The van der Waals surface area contributed by atoms with Crippen LogP contribution in [0.25, 0.3) is 22.4 Å². The van der Waals surface area contributed by atoms with E-state index < -0.39 is 11.8 Å². The molecule has 3 aromatic rings. The highest BCUT2D eigenvalue weighted by Gasteiger charge is 2.25. The van der Waals surface area contributed by atoms with Crippen LogP contribution >= 0.6 is 0 Å². The average molecular weight is 506 g/mol. The zero-order valence-corrected chi connectivity index (χ0v) is 20.5. The number of likely N-dealkylation sites (tertiary alicyclic amines) is 1. The van der Waals surface area contributed by atoms with Crippen LogP contribution in [0.2, 0.25) is 0 Å². The first-order valence-electron chi connectivity index (χ1n) is 12.8. The summed E-state index contributed by atoms with van der Waals surface area (Å²) in [6, 6.07) is 8.22. The number of hydrogen-bond acceptors (Lipinski definition) is 6. The molecule has 7 nitrogen and oxygen atoms in total. The highest BCUT2D eigenvalue weighted by Crippen LogP contribution is 2.36. The Morgan fingerprint density at radius 1 is 1.03 bits per heavy atom. The molecule has 0 unspecified atom stereocenters. The molecule has 0 atom stereocenters. The molecule has 0 bridgehead atoms. The van der Waals surface area contributed by atoms with Gasteiger partial charge in [0.2, 0.25) is 5.95 Å². The zero-order valence-electron chi connectivity index (χ0n) is 20.5. The number of halogens is 2. The van der Waals surface area contributed by atoms with Crippen molar-refractivity contribution in [1.29, 1.82) is 0 Å². The number of benzene rings is 1. The van der Waals surface area contributed by atoms with Gasteiger partial charge in [-0.25, -0.2) is 9.37 Å². The number of carbonyl (C=O) groups is 1. The molecule has 1 aromatic carbocycles. The number of anilines is 1. The Morgan fingerprint density at radius 2 is 1.84 bits per heavy atom. The van der Waals surface area contributed by atoms with Crippen LogP contribution in [-0.2, 0) is 17.7 Å². The third kappa shape index (κ3) is 4.57. The maximum absolute atomic E-state index is 15.2. The van der Waals surface area contributed by atoms with Crippen LogP contribution in [0.1, 0.15) is 52.4 Å². The molecule has 5 heterocycles. The number of carbonyl (C=O) groups excluding carboxylic acids is 1. The lowest BCUT2D eigenvalue weighted by molar-refractivity contribution is 0.0846. The fourth-order valence-electron chi connectivity index (χ4n) is 5.47. The summed E-state index contributed by atoms with van der Waals surface area (Å²) < 4.78 is 35.9. The average Bonchev–Trinajstić information content (AvgIpc) is 2.87. The molecule has 37 heavy (non-hydrogen) atoms. The fraction of sp³-hybridized carbons (Fsp3) is 0.393. The first-order valence-corrected chi connectivity index (χ1v) is 12.8. The van der Waals surface area contributed by atoms with Crippen molar-refractivity contribution >= 4 is 11.7 Å². The number of nitrogen functional groups attached to an aromatic ring is 1. The maximum atomic E-state index is 15.2. The second kappa shape index (κ2) is 9.79. The van der Waals surface area contributed by atoms with E-state index in [1.54, 1.807) is 6.07 Å². The van der Waals surface area contributed by atoms with Gasteiger partial charge in [0.05, 0.1) is 17.0 Å². The number of ether oxygens (including phenoxy) is 1. The number of amides is 1. The third-order valence-electron chi connectivity index (χ3n) is 7.68. The zero-order chi connectivity index (χ0) is 25.5. The van der Waals surface area contributed by atoms with E-state index in [0.717, 1.165) is 50.4 Å². The number of nitrogens with one attached hydrogen (secondary N) is 1. The molecule has 3 N–H and O–H groups in total. The van der Waals surface area contributed by atoms with Crippen molar-refractivity contribution in [3.8, 4) is 22.4 Å². The second-order valence-corrected chi connectivity index (χ2v) is 10.0. The third-order valence-corrected chi connectivity index (χ3v) is 7.68. The Bertz CT molecular complexity index is 1370. The Balaban J connectivity index is 1.42. The van der Waals surface area contributed by atoms with Crippen LogP contribution in [-0.4, -0.2) is 53.6 Å². The van der Waals surface area contributed by atoms with Gasteiger partial charge in [-0.15, -0.1) is 0 Å². The number of aromatic nitrogens is 2. The standard InChI is InChI=1S/C28H29F2N5O2/c29-23-14-19-17(4-7-32-28(19)36)12-20(23)21-13-22(26(30)34-27(21)31)24-3-2-18(16-5-10-37-11-6-16)25(33-24)15-35-8-1-9-35/h2-3,12-14,16H,1,4-11,15H2,(H2,31,34)(H,32,36). The lowest BCUT2D eigenvalue weighted by atomic mass is 9.89. The van der Waals surface area contributed by atoms with Gasteiger partial charge in [-0.2, -0.15) is 4.39 Å². The van der Waals surface area contributed by atoms with Crippen LogP contribution in [0.15, 0.2) is 30.3 Å². The molecule has 1 amide bonds. The van der Waals surface area contributed by atoms with Gasteiger partial charge < -0.3 is 15.8 Å². The van der Waals surface area contributed by atoms with E-state index in [1.165, 1.54) is 24.1 Å². The largest absolute Gasteiger partial charge is 0.383 e. The number of pyridine rings is 2. The highest BCUT2D eigenvalue weighted by atomic mass is 19.1. The number of rotatable bonds is 5. The van der Waals surface area contributed by atoms with Crippen molar-refractivity contribution < 1.29 is 18.3 Å². The summed E-state index contributed by atoms with van der Waals surface area (Å²) in [5, 5.41) is 2.72. The summed E-state index contributed by atoms with van der Waals surface area (Å²) in [6.45, 7) is 4.68. The molecular weight excluding hydrogens is 476 g/mol. The van der Waals surface area contributed by atoms with Gasteiger partial charge in [0, 0.05) is 43.0 Å². The minimum Gasteiger partial charge on any atom is -0.383 e. The molecule has 0 saturated carbocycles. The predicted molar refractivity (Wildman–Crippen MR) is 136 cm³/mol. The smallest absolute Gasteiger partial charge is 0.251 e. The van der Waals surface area contributed by atoms with Crippen LogP contribution in [0.3, 0.4) is 0 Å². The van der Waals surface area contributed by atoms with Crippen molar-refractivity contribution in [2.75, 3.05) is 38.6 Å². The summed E-state index contributed by atoms with van der Waals surface area (Å²) >= 11 is 0. The number of fused-ring (bicyclic) bond motifs is 1. The van der Waals surface area contributed by atoms with E-state index >= 15 is 8.78 Å². The molecule has 2 aromatic heterocycles. The molecule has 0 radical (unpaired) electrons. The lowest BCUT2D eigenvalue weighted by Gasteiger charge is -2.32. The van der Waals surface area contributed by atoms with E-state index in [9.17, 15) is 4.79 Å². The monoisotopic (exact) mass is 505 g/mol. The molecule has 0 aliphatic carbocycles. The Morgan fingerprint density at radius 3 is 2.59 bits per heavy atom. The quantitative estimate of drug-likeness (QED) is 0.508. The van der Waals surface area contributed by atoms with Crippen LogP contribution in [0, 0.1) is 11.8 Å². The number of nitrogens with two attached hydrogens (primary N) is 1. The Kier molecular flexibility index (Phi) is 6.34. The van der Waals surface area contributed by atoms with Crippen LogP contribution in [0.4, 0.5) is 14.6 Å². The van der Waals surface area contributed by atoms with Gasteiger partial charge in [-0.05, 0) is 80.1 Å². The second-order valence-electron chi connectivity index (χ2n) is 10.0. The van der Waals surface area contributed by atoms with Crippen molar-refractivity contribution in [3.05, 3.63) is 64.5 Å². The summed E-state index contributed by atoms with van der Waals surface area (Å²) in [5.41, 5.74) is 10.3.